The van der Waals surface area contributed by atoms with Gasteiger partial charge in [0.2, 0.25) is 0 Å². The zero-order valence-corrected chi connectivity index (χ0v) is 13.0. The topological polar surface area (TPSA) is 44.1 Å². The lowest BCUT2D eigenvalue weighted by Crippen LogP contribution is -2.21. The summed E-state index contributed by atoms with van der Waals surface area (Å²) < 4.78 is 7.35. The molecule has 0 atom stereocenters. The van der Waals surface area contributed by atoms with Gasteiger partial charge in [-0.05, 0) is 33.6 Å². The van der Waals surface area contributed by atoms with Crippen molar-refractivity contribution in [3.05, 3.63) is 55.1 Å². The van der Waals surface area contributed by atoms with Crippen LogP contribution in [-0.2, 0) is 6.54 Å². The molecular weight excluding hydrogens is 355 g/mol. The van der Waals surface area contributed by atoms with Crippen molar-refractivity contribution in [3.8, 4) is 5.75 Å². The van der Waals surface area contributed by atoms with E-state index in [4.69, 9.17) is 27.9 Å². The van der Waals surface area contributed by atoms with Crippen LogP contribution in [-0.4, -0.2) is 16.7 Å². The van der Waals surface area contributed by atoms with Crippen molar-refractivity contribution < 1.29 is 4.74 Å². The Morgan fingerprint density at radius 1 is 1.42 bits per heavy atom. The zero-order chi connectivity index (χ0) is 14.0. The average Bonchev–Trinajstić information content (AvgIpc) is 2.40. The smallest absolute Gasteiger partial charge is 0.273 e. The Hall–Kier alpha value is -1.04. The summed E-state index contributed by atoms with van der Waals surface area (Å²) in [5.41, 5.74) is 0.545. The Balaban J connectivity index is 2.34. The molecule has 2 rings (SSSR count). The molecule has 0 N–H and O–H groups in total. The van der Waals surface area contributed by atoms with E-state index in [1.54, 1.807) is 7.11 Å². The van der Waals surface area contributed by atoms with E-state index in [0.29, 0.717) is 6.54 Å². The zero-order valence-electron chi connectivity index (χ0n) is 9.86. The molecule has 100 valence electrons. The molecule has 19 heavy (non-hydrogen) atoms. The van der Waals surface area contributed by atoms with Gasteiger partial charge in [-0.2, -0.15) is 0 Å². The molecule has 0 fully saturated rings. The molecule has 1 heterocycles. The van der Waals surface area contributed by atoms with E-state index in [0.717, 1.165) is 15.8 Å². The van der Waals surface area contributed by atoms with Gasteiger partial charge < -0.3 is 4.74 Å². The molecule has 0 saturated heterocycles. The molecule has 4 nitrogen and oxygen atoms in total. The van der Waals surface area contributed by atoms with Gasteiger partial charge in [-0.1, -0.05) is 29.3 Å². The summed E-state index contributed by atoms with van der Waals surface area (Å²) in [5.74, 6) is 0.725. The van der Waals surface area contributed by atoms with E-state index in [2.05, 4.69) is 20.9 Å². The average molecular weight is 364 g/mol. The van der Waals surface area contributed by atoms with Crippen molar-refractivity contribution >= 4 is 39.1 Å². The van der Waals surface area contributed by atoms with Gasteiger partial charge in [0.15, 0.2) is 5.15 Å². The van der Waals surface area contributed by atoms with Crippen molar-refractivity contribution in [2.75, 3.05) is 7.11 Å². The second-order valence-corrected chi connectivity index (χ2v) is 5.34. The highest BCUT2D eigenvalue weighted by atomic mass is 79.9. The van der Waals surface area contributed by atoms with Crippen molar-refractivity contribution in [3.63, 3.8) is 0 Å². The number of aromatic nitrogens is 2. The fourth-order valence-electron chi connectivity index (χ4n) is 1.56. The van der Waals surface area contributed by atoms with Crippen molar-refractivity contribution in [2.24, 2.45) is 0 Å². The molecule has 0 aliphatic heterocycles. The van der Waals surface area contributed by atoms with E-state index in [-0.39, 0.29) is 15.7 Å². The first-order valence-corrected chi connectivity index (χ1v) is 6.80. The molecule has 0 saturated carbocycles. The van der Waals surface area contributed by atoms with Crippen molar-refractivity contribution in [1.29, 1.82) is 0 Å². The highest BCUT2D eigenvalue weighted by Gasteiger charge is 2.08. The Labute approximate surface area is 128 Å². The lowest BCUT2D eigenvalue weighted by molar-refractivity contribution is 0.412. The standard InChI is InChI=1S/C12H9BrCl2N2O2/c1-19-9-3-2-7(4-8(9)13)5-17-6-16-11(15)10(14)12(17)18/h2-4,6H,5H2,1H3. The molecular formula is C12H9BrCl2N2O2. The SMILES string of the molecule is COc1ccc(Cn2cnc(Cl)c(Cl)c2=O)cc1Br. The van der Waals surface area contributed by atoms with Gasteiger partial charge in [-0.3, -0.25) is 9.36 Å². The molecule has 0 aliphatic carbocycles. The van der Waals surface area contributed by atoms with Crippen LogP contribution in [0.2, 0.25) is 10.2 Å². The van der Waals surface area contributed by atoms with Crippen LogP contribution >= 0.6 is 39.1 Å². The van der Waals surface area contributed by atoms with Gasteiger partial charge in [0.25, 0.3) is 5.56 Å². The molecule has 1 aromatic heterocycles. The van der Waals surface area contributed by atoms with Crippen LogP contribution in [0.4, 0.5) is 0 Å². The first-order valence-electron chi connectivity index (χ1n) is 5.25. The van der Waals surface area contributed by atoms with Gasteiger partial charge >= 0.3 is 0 Å². The molecule has 0 amide bonds. The van der Waals surface area contributed by atoms with Gasteiger partial charge in [-0.25, -0.2) is 4.98 Å². The van der Waals surface area contributed by atoms with Crippen LogP contribution in [0.15, 0.2) is 33.8 Å². The maximum Gasteiger partial charge on any atom is 0.273 e. The van der Waals surface area contributed by atoms with Gasteiger partial charge in [0.1, 0.15) is 10.8 Å². The third-order valence-corrected chi connectivity index (χ3v) is 3.85. The fraction of sp³-hybridized carbons (Fsp3) is 0.167. The van der Waals surface area contributed by atoms with Gasteiger partial charge in [0, 0.05) is 0 Å². The summed E-state index contributed by atoms with van der Waals surface area (Å²) in [7, 11) is 1.59. The first kappa shape index (κ1) is 14.4. The number of halogens is 3. The predicted molar refractivity (Wildman–Crippen MR) is 78.3 cm³/mol. The highest BCUT2D eigenvalue weighted by Crippen LogP contribution is 2.25. The summed E-state index contributed by atoms with van der Waals surface area (Å²) in [5, 5.41) is -0.0597. The third kappa shape index (κ3) is 3.11. The van der Waals surface area contributed by atoms with Crippen LogP contribution in [0, 0.1) is 0 Å². The monoisotopic (exact) mass is 362 g/mol. The van der Waals surface area contributed by atoms with E-state index in [9.17, 15) is 4.79 Å². The minimum Gasteiger partial charge on any atom is -0.496 e. The largest absolute Gasteiger partial charge is 0.496 e. The number of ether oxygens (including phenoxy) is 1. The van der Waals surface area contributed by atoms with E-state index in [1.165, 1.54) is 10.9 Å². The molecule has 2 aromatic rings. The Morgan fingerprint density at radius 3 is 2.79 bits per heavy atom. The maximum atomic E-state index is 11.9. The minimum atomic E-state index is -0.367. The summed E-state index contributed by atoms with van der Waals surface area (Å²) in [6.45, 7) is 0.352. The molecule has 0 unspecified atom stereocenters. The summed E-state index contributed by atoms with van der Waals surface area (Å²) in [4.78, 5) is 15.7. The van der Waals surface area contributed by atoms with Crippen LogP contribution in [0.25, 0.3) is 0 Å². The van der Waals surface area contributed by atoms with Crippen LogP contribution in [0.3, 0.4) is 0 Å². The summed E-state index contributed by atoms with van der Waals surface area (Å²) >= 11 is 14.8. The van der Waals surface area contributed by atoms with Gasteiger partial charge in [-0.15, -0.1) is 0 Å². The fourth-order valence-corrected chi connectivity index (χ4v) is 2.43. The summed E-state index contributed by atoms with van der Waals surface area (Å²) in [6.07, 6.45) is 1.37. The lowest BCUT2D eigenvalue weighted by atomic mass is 10.2. The molecule has 0 radical (unpaired) electrons. The second-order valence-electron chi connectivity index (χ2n) is 3.75. The normalized spacial score (nSPS) is 10.5. The van der Waals surface area contributed by atoms with E-state index >= 15 is 0 Å². The van der Waals surface area contributed by atoms with Gasteiger partial charge in [0.05, 0.1) is 24.5 Å². The Bertz CT molecular complexity index is 673. The van der Waals surface area contributed by atoms with E-state index in [1.807, 2.05) is 18.2 Å². The second kappa shape index (κ2) is 5.94. The number of methoxy groups -OCH3 is 1. The number of nitrogens with zero attached hydrogens (tertiary/aromatic N) is 2. The first-order chi connectivity index (χ1) is 9.02. The van der Waals surface area contributed by atoms with Crippen LogP contribution < -0.4 is 10.3 Å². The molecule has 0 bridgehead atoms. The lowest BCUT2D eigenvalue weighted by Gasteiger charge is -2.08. The molecule has 1 aromatic carbocycles. The maximum absolute atomic E-state index is 11.9. The number of benzene rings is 1. The molecule has 0 spiro atoms. The summed E-state index contributed by atoms with van der Waals surface area (Å²) in [6, 6.07) is 5.54. The quantitative estimate of drug-likeness (QED) is 0.785. The number of hydrogen-bond donors (Lipinski definition) is 0. The van der Waals surface area contributed by atoms with Crippen molar-refractivity contribution in [1.82, 2.24) is 9.55 Å². The minimum absolute atomic E-state index is 0.0128. The Morgan fingerprint density at radius 2 is 2.16 bits per heavy atom. The van der Waals surface area contributed by atoms with Crippen molar-refractivity contribution in [2.45, 2.75) is 6.54 Å². The van der Waals surface area contributed by atoms with E-state index < -0.39 is 0 Å². The predicted octanol–water partition coefficient (Wildman–Crippen LogP) is 3.37. The Kier molecular flexibility index (Phi) is 4.50. The molecule has 7 heteroatoms. The number of hydrogen-bond acceptors (Lipinski definition) is 3. The highest BCUT2D eigenvalue weighted by molar-refractivity contribution is 9.10. The molecule has 0 aliphatic rings. The third-order valence-electron chi connectivity index (χ3n) is 2.51. The number of rotatable bonds is 3. The van der Waals surface area contributed by atoms with Crippen LogP contribution in [0.1, 0.15) is 5.56 Å². The van der Waals surface area contributed by atoms with Crippen LogP contribution in [0.5, 0.6) is 5.75 Å².